The standard InChI is InChI=1S/C10H12N2S/c1-2-3-10-12-8-4-6-11-7-5-9(8)13-10/h1,11H,3-7H2. The van der Waals surface area contributed by atoms with E-state index in [-0.39, 0.29) is 0 Å². The molecule has 0 amide bonds. The van der Waals surface area contributed by atoms with Gasteiger partial charge in [-0.25, -0.2) is 4.98 Å². The molecule has 0 saturated carbocycles. The second-order valence-electron chi connectivity index (χ2n) is 3.11. The van der Waals surface area contributed by atoms with Gasteiger partial charge in [0.05, 0.1) is 12.1 Å². The molecule has 1 aromatic heterocycles. The van der Waals surface area contributed by atoms with Crippen molar-refractivity contribution in [1.29, 1.82) is 0 Å². The van der Waals surface area contributed by atoms with Gasteiger partial charge in [0, 0.05) is 24.4 Å². The number of hydrogen-bond acceptors (Lipinski definition) is 3. The van der Waals surface area contributed by atoms with Gasteiger partial charge in [-0.05, 0) is 6.42 Å². The molecule has 0 atom stereocenters. The van der Waals surface area contributed by atoms with Crippen molar-refractivity contribution in [2.75, 3.05) is 13.1 Å². The molecule has 0 fully saturated rings. The minimum Gasteiger partial charge on any atom is -0.316 e. The molecule has 13 heavy (non-hydrogen) atoms. The molecule has 1 N–H and O–H groups in total. The van der Waals surface area contributed by atoms with Gasteiger partial charge < -0.3 is 5.32 Å². The van der Waals surface area contributed by atoms with E-state index in [0.29, 0.717) is 6.42 Å². The number of terminal acetylenes is 1. The van der Waals surface area contributed by atoms with Crippen molar-refractivity contribution >= 4 is 11.3 Å². The number of rotatable bonds is 1. The maximum atomic E-state index is 5.25. The average molecular weight is 192 g/mol. The summed E-state index contributed by atoms with van der Waals surface area (Å²) in [5.74, 6) is 2.64. The lowest BCUT2D eigenvalue weighted by Gasteiger charge is -1.94. The van der Waals surface area contributed by atoms with Gasteiger partial charge in [0.15, 0.2) is 0 Å². The predicted octanol–water partition coefficient (Wildman–Crippen LogP) is 1.01. The Kier molecular flexibility index (Phi) is 2.62. The summed E-state index contributed by atoms with van der Waals surface area (Å²) in [6, 6.07) is 0. The van der Waals surface area contributed by atoms with Crippen molar-refractivity contribution in [3.05, 3.63) is 15.6 Å². The van der Waals surface area contributed by atoms with Crippen LogP contribution in [0.2, 0.25) is 0 Å². The first-order valence-corrected chi connectivity index (χ1v) is 5.33. The van der Waals surface area contributed by atoms with Crippen LogP contribution in [-0.4, -0.2) is 18.1 Å². The smallest absolute Gasteiger partial charge is 0.105 e. The molecule has 0 spiro atoms. The monoisotopic (exact) mass is 192 g/mol. The first-order chi connectivity index (χ1) is 6.40. The number of aromatic nitrogens is 1. The van der Waals surface area contributed by atoms with E-state index in [1.807, 2.05) is 0 Å². The number of nitrogens with one attached hydrogen (secondary N) is 1. The fraction of sp³-hybridized carbons (Fsp3) is 0.500. The van der Waals surface area contributed by atoms with E-state index in [1.54, 1.807) is 11.3 Å². The summed E-state index contributed by atoms with van der Waals surface area (Å²) in [5, 5.41) is 4.46. The highest BCUT2D eigenvalue weighted by molar-refractivity contribution is 7.11. The number of hydrogen-bond donors (Lipinski definition) is 1. The van der Waals surface area contributed by atoms with Gasteiger partial charge in [0.25, 0.3) is 0 Å². The first-order valence-electron chi connectivity index (χ1n) is 4.52. The maximum absolute atomic E-state index is 5.25. The van der Waals surface area contributed by atoms with E-state index < -0.39 is 0 Å². The third-order valence-electron chi connectivity index (χ3n) is 2.14. The van der Waals surface area contributed by atoms with Crippen molar-refractivity contribution in [3.63, 3.8) is 0 Å². The second kappa shape index (κ2) is 3.91. The van der Waals surface area contributed by atoms with Gasteiger partial charge in [-0.2, -0.15) is 0 Å². The Bertz CT molecular complexity index is 312. The highest BCUT2D eigenvalue weighted by Gasteiger charge is 2.12. The summed E-state index contributed by atoms with van der Waals surface area (Å²) in [5.41, 5.74) is 1.26. The van der Waals surface area contributed by atoms with Crippen molar-refractivity contribution in [1.82, 2.24) is 10.3 Å². The third-order valence-corrected chi connectivity index (χ3v) is 3.30. The largest absolute Gasteiger partial charge is 0.316 e. The zero-order valence-electron chi connectivity index (χ0n) is 7.47. The van der Waals surface area contributed by atoms with Crippen LogP contribution in [0.5, 0.6) is 0 Å². The number of thiazole rings is 1. The van der Waals surface area contributed by atoms with Crippen LogP contribution in [0.15, 0.2) is 0 Å². The minimum absolute atomic E-state index is 0.686. The van der Waals surface area contributed by atoms with Crippen molar-refractivity contribution in [2.24, 2.45) is 0 Å². The van der Waals surface area contributed by atoms with E-state index in [0.717, 1.165) is 30.9 Å². The van der Waals surface area contributed by atoms with Crippen molar-refractivity contribution < 1.29 is 0 Å². The average Bonchev–Trinajstić information content (AvgIpc) is 2.37. The van der Waals surface area contributed by atoms with E-state index in [9.17, 15) is 0 Å². The summed E-state index contributed by atoms with van der Waals surface area (Å²) in [7, 11) is 0. The summed E-state index contributed by atoms with van der Waals surface area (Å²) >= 11 is 1.78. The van der Waals surface area contributed by atoms with Gasteiger partial charge in [-0.15, -0.1) is 17.8 Å². The molecule has 0 bridgehead atoms. The Hall–Kier alpha value is -0.850. The zero-order chi connectivity index (χ0) is 9.10. The Balaban J connectivity index is 2.23. The quantitative estimate of drug-likeness (QED) is 0.672. The molecule has 2 rings (SSSR count). The molecule has 2 nitrogen and oxygen atoms in total. The second-order valence-corrected chi connectivity index (χ2v) is 4.28. The van der Waals surface area contributed by atoms with Crippen LogP contribution in [0, 0.1) is 12.3 Å². The predicted molar refractivity (Wildman–Crippen MR) is 54.9 cm³/mol. The molecular weight excluding hydrogens is 180 g/mol. The molecule has 2 heterocycles. The van der Waals surface area contributed by atoms with Crippen LogP contribution in [0.25, 0.3) is 0 Å². The summed E-state index contributed by atoms with van der Waals surface area (Å²) in [6.07, 6.45) is 8.10. The fourth-order valence-corrected chi connectivity index (χ4v) is 2.59. The van der Waals surface area contributed by atoms with Crippen LogP contribution in [-0.2, 0) is 19.3 Å². The molecular formula is C10H12N2S. The number of nitrogens with zero attached hydrogens (tertiary/aromatic N) is 1. The van der Waals surface area contributed by atoms with Gasteiger partial charge in [0.2, 0.25) is 0 Å². The SMILES string of the molecule is C#CCc1nc2c(s1)CCNCC2. The summed E-state index contributed by atoms with van der Waals surface area (Å²) in [6.45, 7) is 2.12. The normalized spacial score (nSPS) is 15.9. The van der Waals surface area contributed by atoms with E-state index in [1.165, 1.54) is 10.6 Å². The van der Waals surface area contributed by atoms with Crippen molar-refractivity contribution in [2.45, 2.75) is 19.3 Å². The van der Waals surface area contributed by atoms with Crippen LogP contribution in [0.3, 0.4) is 0 Å². The van der Waals surface area contributed by atoms with Crippen LogP contribution < -0.4 is 5.32 Å². The van der Waals surface area contributed by atoms with Gasteiger partial charge in [-0.3, -0.25) is 0 Å². The molecule has 0 saturated heterocycles. The van der Waals surface area contributed by atoms with E-state index in [4.69, 9.17) is 6.42 Å². The molecule has 0 radical (unpaired) electrons. The lowest BCUT2D eigenvalue weighted by atomic mass is 10.2. The van der Waals surface area contributed by atoms with Gasteiger partial charge in [0.1, 0.15) is 5.01 Å². The lowest BCUT2D eigenvalue weighted by molar-refractivity contribution is 0.708. The highest BCUT2D eigenvalue weighted by atomic mass is 32.1. The van der Waals surface area contributed by atoms with Crippen LogP contribution in [0.4, 0.5) is 0 Å². The Morgan fingerprint density at radius 3 is 3.15 bits per heavy atom. The summed E-state index contributed by atoms with van der Waals surface area (Å²) in [4.78, 5) is 5.96. The molecule has 0 aromatic carbocycles. The lowest BCUT2D eigenvalue weighted by Crippen LogP contribution is -2.16. The van der Waals surface area contributed by atoms with Gasteiger partial charge >= 0.3 is 0 Å². The third kappa shape index (κ3) is 1.90. The molecule has 1 aliphatic rings. The highest BCUT2D eigenvalue weighted by Crippen LogP contribution is 2.21. The van der Waals surface area contributed by atoms with Crippen molar-refractivity contribution in [3.8, 4) is 12.3 Å². The molecule has 1 aromatic rings. The number of fused-ring (bicyclic) bond motifs is 1. The minimum atomic E-state index is 0.686. The molecule has 0 aliphatic carbocycles. The van der Waals surface area contributed by atoms with E-state index >= 15 is 0 Å². The maximum Gasteiger partial charge on any atom is 0.105 e. The molecule has 0 unspecified atom stereocenters. The Morgan fingerprint density at radius 2 is 2.31 bits per heavy atom. The topological polar surface area (TPSA) is 24.9 Å². The zero-order valence-corrected chi connectivity index (χ0v) is 8.28. The fourth-order valence-electron chi connectivity index (χ4n) is 1.52. The van der Waals surface area contributed by atoms with Crippen LogP contribution in [0.1, 0.15) is 15.6 Å². The molecule has 68 valence electrons. The molecule has 3 heteroatoms. The first kappa shape index (κ1) is 8.74. The summed E-state index contributed by atoms with van der Waals surface area (Å²) < 4.78 is 0. The Labute approximate surface area is 82.4 Å². The molecule has 1 aliphatic heterocycles. The van der Waals surface area contributed by atoms with Gasteiger partial charge in [-0.1, -0.05) is 5.92 Å². The Morgan fingerprint density at radius 1 is 1.46 bits per heavy atom. The van der Waals surface area contributed by atoms with E-state index in [2.05, 4.69) is 16.2 Å². The van der Waals surface area contributed by atoms with Crippen LogP contribution >= 0.6 is 11.3 Å².